The first kappa shape index (κ1) is 20.4. The van der Waals surface area contributed by atoms with E-state index in [9.17, 15) is 4.79 Å². The van der Waals surface area contributed by atoms with Crippen LogP contribution in [0.25, 0.3) is 0 Å². The van der Waals surface area contributed by atoms with Crippen LogP contribution in [-0.4, -0.2) is 83.4 Å². The summed E-state index contributed by atoms with van der Waals surface area (Å²) in [6, 6.07) is 0. The number of hydrogen-bond acceptors (Lipinski definition) is 8. The number of methoxy groups -OCH3 is 3. The highest BCUT2D eigenvalue weighted by Crippen LogP contribution is 2.21. The summed E-state index contributed by atoms with van der Waals surface area (Å²) in [4.78, 5) is 11.6. The zero-order valence-electron chi connectivity index (χ0n) is 13.2. The number of ether oxygens (including phenoxy) is 6. The van der Waals surface area contributed by atoms with Crippen LogP contribution in [0.4, 0.5) is 0 Å². The summed E-state index contributed by atoms with van der Waals surface area (Å²) in [6.45, 7) is 1.68. The van der Waals surface area contributed by atoms with Gasteiger partial charge in [0.2, 0.25) is 10.5 Å². The molecule has 0 aliphatic carbocycles. The zero-order valence-corrected chi connectivity index (χ0v) is 15.2. The van der Waals surface area contributed by atoms with Crippen molar-refractivity contribution in [2.45, 2.75) is 12.4 Å². The van der Waals surface area contributed by atoms with Crippen molar-refractivity contribution < 1.29 is 37.6 Å². The molecule has 0 aromatic carbocycles. The largest absolute Gasteiger partial charge is 0.529 e. The maximum absolute atomic E-state index is 11.6. The average molecular weight is 326 g/mol. The minimum atomic E-state index is -1.52. The fourth-order valence-corrected chi connectivity index (χ4v) is 1.51. The number of hydrogen-bond donors (Lipinski definition) is 0. The Morgan fingerprint density at radius 1 is 0.810 bits per heavy atom. The third-order valence-electron chi connectivity index (χ3n) is 2.42. The fraction of sp³-hybridized carbons (Fsp3) is 0.917. The van der Waals surface area contributed by atoms with Gasteiger partial charge in [0.1, 0.15) is 6.42 Å². The van der Waals surface area contributed by atoms with Gasteiger partial charge < -0.3 is 32.8 Å². The lowest BCUT2D eigenvalue weighted by atomic mass is 10.3. The van der Waals surface area contributed by atoms with E-state index in [4.69, 9.17) is 32.8 Å². The highest BCUT2D eigenvalue weighted by atomic mass is 28.2. The van der Waals surface area contributed by atoms with Crippen molar-refractivity contribution in [3.63, 3.8) is 0 Å². The highest BCUT2D eigenvalue weighted by Gasteiger charge is 2.37. The number of rotatable bonds is 14. The van der Waals surface area contributed by atoms with Crippen LogP contribution in [0.15, 0.2) is 0 Å². The summed E-state index contributed by atoms with van der Waals surface area (Å²) in [5.41, 5.74) is 0. The lowest BCUT2D eigenvalue weighted by Gasteiger charge is -2.32. The predicted octanol–water partition coefficient (Wildman–Crippen LogP) is -1.16. The molecule has 126 valence electrons. The second-order valence-corrected chi connectivity index (χ2v) is 4.37. The summed E-state index contributed by atoms with van der Waals surface area (Å²) in [6.07, 6.45) is -0.173. The zero-order chi connectivity index (χ0) is 16.0. The number of carbonyl (C=O) groups is 1. The van der Waals surface area contributed by atoms with Gasteiger partial charge in [0.25, 0.3) is 11.9 Å². The van der Waals surface area contributed by atoms with Crippen molar-refractivity contribution in [3.8, 4) is 0 Å². The van der Waals surface area contributed by atoms with E-state index in [0.717, 1.165) is 0 Å². The van der Waals surface area contributed by atoms with E-state index in [-0.39, 0.29) is 26.2 Å². The maximum atomic E-state index is 11.6. The van der Waals surface area contributed by atoms with Crippen LogP contribution >= 0.6 is 0 Å². The van der Waals surface area contributed by atoms with E-state index in [0.29, 0.717) is 30.3 Å². The van der Waals surface area contributed by atoms with E-state index in [1.54, 1.807) is 21.3 Å². The molecule has 0 heterocycles. The number of carbonyl (C=O) groups excluding carboxylic acids is 1. The molecule has 0 amide bonds. The molecule has 0 saturated heterocycles. The standard InChI is InChI=1S/C12H26O8Si/c1-14-4-7-17-12(10-11(13)20-21,18-8-5-15-2)19-9-6-16-3/h4-10H2,1-3,21H3. The molecule has 21 heavy (non-hydrogen) atoms. The molecular weight excluding hydrogens is 300 g/mol. The monoisotopic (exact) mass is 326 g/mol. The highest BCUT2D eigenvalue weighted by molar-refractivity contribution is 6.05. The molecular formula is C12H26O8Si. The second kappa shape index (κ2) is 13.1. The lowest BCUT2D eigenvalue weighted by Crippen LogP contribution is -2.44. The predicted molar refractivity (Wildman–Crippen MR) is 76.9 cm³/mol. The van der Waals surface area contributed by atoms with E-state index in [1.807, 2.05) is 0 Å². The van der Waals surface area contributed by atoms with Crippen LogP contribution < -0.4 is 0 Å². The van der Waals surface area contributed by atoms with Gasteiger partial charge in [0, 0.05) is 21.3 Å². The minimum Gasteiger partial charge on any atom is -0.529 e. The molecule has 0 bridgehead atoms. The molecule has 8 nitrogen and oxygen atoms in total. The summed E-state index contributed by atoms with van der Waals surface area (Å²) in [5.74, 6) is -1.97. The van der Waals surface area contributed by atoms with Crippen LogP contribution in [0.1, 0.15) is 6.42 Å². The van der Waals surface area contributed by atoms with Crippen molar-refractivity contribution >= 4 is 16.5 Å². The Balaban J connectivity index is 4.73. The van der Waals surface area contributed by atoms with Crippen LogP contribution in [0.5, 0.6) is 0 Å². The molecule has 0 rings (SSSR count). The third-order valence-corrected chi connectivity index (χ3v) is 2.87. The molecule has 0 saturated carbocycles. The van der Waals surface area contributed by atoms with Crippen LogP contribution in [-0.2, 0) is 37.6 Å². The Hall–Kier alpha value is -0.553. The molecule has 0 N–H and O–H groups in total. The summed E-state index contributed by atoms with van der Waals surface area (Å²) >= 11 is 0. The Bertz CT molecular complexity index is 237. The molecule has 0 radical (unpaired) electrons. The molecule has 0 aliphatic heterocycles. The van der Waals surface area contributed by atoms with Crippen LogP contribution in [0.2, 0.25) is 0 Å². The molecule has 0 spiro atoms. The van der Waals surface area contributed by atoms with Crippen molar-refractivity contribution in [1.29, 1.82) is 0 Å². The molecule has 0 unspecified atom stereocenters. The van der Waals surface area contributed by atoms with Crippen LogP contribution in [0.3, 0.4) is 0 Å². The first-order valence-electron chi connectivity index (χ1n) is 6.59. The van der Waals surface area contributed by atoms with Gasteiger partial charge in [-0.2, -0.15) is 0 Å². The van der Waals surface area contributed by atoms with Gasteiger partial charge in [0.15, 0.2) is 0 Å². The van der Waals surface area contributed by atoms with Gasteiger partial charge in [-0.3, -0.25) is 4.79 Å². The van der Waals surface area contributed by atoms with Crippen LogP contribution in [0, 0.1) is 0 Å². The smallest absolute Gasteiger partial charge is 0.300 e. The first-order valence-corrected chi connectivity index (χ1v) is 7.41. The lowest BCUT2D eigenvalue weighted by molar-refractivity contribution is -0.383. The molecule has 0 aromatic rings. The second-order valence-electron chi connectivity index (χ2n) is 3.96. The molecule has 0 atom stereocenters. The topological polar surface area (TPSA) is 81.7 Å². The maximum Gasteiger partial charge on any atom is 0.300 e. The summed E-state index contributed by atoms with van der Waals surface area (Å²) in [7, 11) is 4.94. The quantitative estimate of drug-likeness (QED) is 0.225. The molecule has 0 fully saturated rings. The third kappa shape index (κ3) is 9.90. The van der Waals surface area contributed by atoms with Gasteiger partial charge in [0.05, 0.1) is 39.6 Å². The Kier molecular flexibility index (Phi) is 12.8. The van der Waals surface area contributed by atoms with Crippen molar-refractivity contribution in [1.82, 2.24) is 0 Å². The molecule has 0 aliphatic rings. The minimum absolute atomic E-state index is 0.173. The first-order chi connectivity index (χ1) is 10.1. The summed E-state index contributed by atoms with van der Waals surface area (Å²) in [5, 5.41) is 0. The molecule has 9 heteroatoms. The van der Waals surface area contributed by atoms with Gasteiger partial charge in [-0.1, -0.05) is 0 Å². The van der Waals surface area contributed by atoms with Gasteiger partial charge >= 0.3 is 0 Å². The van der Waals surface area contributed by atoms with Gasteiger partial charge in [-0.25, -0.2) is 0 Å². The van der Waals surface area contributed by atoms with Gasteiger partial charge in [-0.15, -0.1) is 0 Å². The Labute approximate surface area is 128 Å². The van der Waals surface area contributed by atoms with E-state index in [1.165, 1.54) is 0 Å². The van der Waals surface area contributed by atoms with Crippen molar-refractivity contribution in [2.24, 2.45) is 0 Å². The van der Waals surface area contributed by atoms with Crippen molar-refractivity contribution in [3.05, 3.63) is 0 Å². The Morgan fingerprint density at radius 2 is 1.19 bits per heavy atom. The van der Waals surface area contributed by atoms with E-state index >= 15 is 0 Å². The summed E-state index contributed by atoms with van der Waals surface area (Å²) < 4.78 is 36.3. The Morgan fingerprint density at radius 3 is 1.48 bits per heavy atom. The van der Waals surface area contributed by atoms with E-state index < -0.39 is 11.9 Å². The van der Waals surface area contributed by atoms with Gasteiger partial charge in [-0.05, 0) is 0 Å². The van der Waals surface area contributed by atoms with E-state index in [2.05, 4.69) is 0 Å². The average Bonchev–Trinajstić information content (AvgIpc) is 2.48. The molecule has 0 aromatic heterocycles. The SMILES string of the molecule is COCCOC(CC(=O)O[SiH3])(OCCOC)OCCOC. The normalized spacial score (nSPS) is 11.8. The van der Waals surface area contributed by atoms with Crippen molar-refractivity contribution in [2.75, 3.05) is 61.0 Å². The fourth-order valence-electron chi connectivity index (χ4n) is 1.37.